The van der Waals surface area contributed by atoms with Crippen LogP contribution in [0.15, 0.2) is 16.6 Å². The van der Waals surface area contributed by atoms with E-state index in [1.165, 1.54) is 25.7 Å². The standard InChI is InChI=1S/C17H27BrClNO/c1-5-8-12(9-6-2)16(20-7-3)14-10-13(19)11-15(18)17(14)21-4/h10-12,16,20H,5-9H2,1-4H3. The minimum absolute atomic E-state index is 0.278. The maximum atomic E-state index is 6.27. The highest BCUT2D eigenvalue weighted by atomic mass is 79.9. The van der Waals surface area contributed by atoms with Crippen LogP contribution in [-0.4, -0.2) is 13.7 Å². The summed E-state index contributed by atoms with van der Waals surface area (Å²) in [5, 5.41) is 4.38. The van der Waals surface area contributed by atoms with Gasteiger partial charge < -0.3 is 10.1 Å². The highest BCUT2D eigenvalue weighted by molar-refractivity contribution is 9.10. The Labute approximate surface area is 142 Å². The lowest BCUT2D eigenvalue weighted by Gasteiger charge is -2.29. The molecule has 0 aliphatic carbocycles. The molecule has 0 heterocycles. The van der Waals surface area contributed by atoms with Gasteiger partial charge in [-0.1, -0.05) is 45.2 Å². The lowest BCUT2D eigenvalue weighted by Crippen LogP contribution is -2.29. The smallest absolute Gasteiger partial charge is 0.137 e. The Hall–Kier alpha value is -0.250. The fraction of sp³-hybridized carbons (Fsp3) is 0.647. The van der Waals surface area contributed by atoms with Crippen molar-refractivity contribution in [2.75, 3.05) is 13.7 Å². The van der Waals surface area contributed by atoms with Crippen molar-refractivity contribution >= 4 is 27.5 Å². The van der Waals surface area contributed by atoms with Crippen LogP contribution in [-0.2, 0) is 0 Å². The van der Waals surface area contributed by atoms with Crippen LogP contribution >= 0.6 is 27.5 Å². The van der Waals surface area contributed by atoms with Crippen LogP contribution in [0, 0.1) is 5.92 Å². The average Bonchev–Trinajstić information content (AvgIpc) is 2.44. The lowest BCUT2D eigenvalue weighted by atomic mass is 9.85. The molecule has 0 saturated carbocycles. The summed E-state index contributed by atoms with van der Waals surface area (Å²) in [5.74, 6) is 1.49. The summed E-state index contributed by atoms with van der Waals surface area (Å²) in [6.45, 7) is 7.57. The first-order chi connectivity index (χ1) is 10.1. The zero-order valence-corrected chi connectivity index (χ0v) is 15.9. The van der Waals surface area contributed by atoms with Gasteiger partial charge in [-0.05, 0) is 53.4 Å². The molecule has 1 N–H and O–H groups in total. The van der Waals surface area contributed by atoms with Gasteiger partial charge in [-0.25, -0.2) is 0 Å². The number of halogens is 2. The van der Waals surface area contributed by atoms with Crippen molar-refractivity contribution in [3.63, 3.8) is 0 Å². The molecule has 0 radical (unpaired) electrons. The maximum Gasteiger partial charge on any atom is 0.137 e. The normalized spacial score (nSPS) is 12.7. The summed E-state index contributed by atoms with van der Waals surface area (Å²) >= 11 is 9.84. The third kappa shape index (κ3) is 5.15. The highest BCUT2D eigenvalue weighted by Crippen LogP contribution is 2.40. The van der Waals surface area contributed by atoms with E-state index in [2.05, 4.69) is 42.0 Å². The van der Waals surface area contributed by atoms with E-state index in [9.17, 15) is 0 Å². The molecule has 1 aromatic carbocycles. The zero-order valence-electron chi connectivity index (χ0n) is 13.5. The Kier molecular flexibility index (Phi) is 8.69. The van der Waals surface area contributed by atoms with E-state index in [-0.39, 0.29) is 6.04 Å². The van der Waals surface area contributed by atoms with E-state index < -0.39 is 0 Å². The molecular weight excluding hydrogens is 350 g/mol. The van der Waals surface area contributed by atoms with Crippen molar-refractivity contribution in [1.29, 1.82) is 0 Å². The molecule has 0 bridgehead atoms. The van der Waals surface area contributed by atoms with Crippen molar-refractivity contribution in [3.8, 4) is 5.75 Å². The third-order valence-electron chi connectivity index (χ3n) is 3.79. The first-order valence-corrected chi connectivity index (χ1v) is 9.02. The third-order valence-corrected chi connectivity index (χ3v) is 4.60. The van der Waals surface area contributed by atoms with Gasteiger partial charge >= 0.3 is 0 Å². The summed E-state index contributed by atoms with van der Waals surface area (Å²) < 4.78 is 6.54. The molecule has 1 unspecified atom stereocenters. The average molecular weight is 377 g/mol. The van der Waals surface area contributed by atoms with Crippen LogP contribution < -0.4 is 10.1 Å². The molecule has 0 aliphatic rings. The van der Waals surface area contributed by atoms with Gasteiger partial charge in [0.2, 0.25) is 0 Å². The predicted molar refractivity (Wildman–Crippen MR) is 95.4 cm³/mol. The highest BCUT2D eigenvalue weighted by Gasteiger charge is 2.25. The Morgan fingerprint density at radius 3 is 2.29 bits per heavy atom. The molecule has 120 valence electrons. The molecule has 1 rings (SSSR count). The molecule has 21 heavy (non-hydrogen) atoms. The van der Waals surface area contributed by atoms with Crippen molar-refractivity contribution in [2.45, 2.75) is 52.5 Å². The zero-order chi connectivity index (χ0) is 15.8. The minimum Gasteiger partial charge on any atom is -0.495 e. The molecule has 0 aromatic heterocycles. The van der Waals surface area contributed by atoms with Crippen LogP contribution in [0.3, 0.4) is 0 Å². The Morgan fingerprint density at radius 1 is 1.19 bits per heavy atom. The first kappa shape index (κ1) is 18.8. The van der Waals surface area contributed by atoms with Crippen molar-refractivity contribution in [1.82, 2.24) is 5.32 Å². The van der Waals surface area contributed by atoms with Gasteiger partial charge in [0.25, 0.3) is 0 Å². The van der Waals surface area contributed by atoms with E-state index in [1.54, 1.807) is 7.11 Å². The predicted octanol–water partition coefficient (Wildman–Crippen LogP) is 5.98. The molecule has 1 aromatic rings. The van der Waals surface area contributed by atoms with Crippen LogP contribution in [0.2, 0.25) is 5.02 Å². The monoisotopic (exact) mass is 375 g/mol. The van der Waals surface area contributed by atoms with Gasteiger partial charge in [-0.15, -0.1) is 0 Å². The largest absolute Gasteiger partial charge is 0.495 e. The summed E-state index contributed by atoms with van der Waals surface area (Å²) in [5.41, 5.74) is 1.16. The van der Waals surface area contributed by atoms with Gasteiger partial charge in [0.15, 0.2) is 0 Å². The van der Waals surface area contributed by atoms with Gasteiger partial charge in [0.1, 0.15) is 5.75 Å². The Bertz CT molecular complexity index is 433. The number of nitrogens with one attached hydrogen (secondary N) is 1. The topological polar surface area (TPSA) is 21.3 Å². The van der Waals surface area contributed by atoms with E-state index >= 15 is 0 Å². The van der Waals surface area contributed by atoms with Gasteiger partial charge in [0, 0.05) is 16.6 Å². The number of hydrogen-bond acceptors (Lipinski definition) is 2. The van der Waals surface area contributed by atoms with E-state index in [4.69, 9.17) is 16.3 Å². The minimum atomic E-state index is 0.278. The number of methoxy groups -OCH3 is 1. The lowest BCUT2D eigenvalue weighted by molar-refractivity contribution is 0.308. The van der Waals surface area contributed by atoms with Gasteiger partial charge in [-0.2, -0.15) is 0 Å². The summed E-state index contributed by atoms with van der Waals surface area (Å²) in [6.07, 6.45) is 4.80. The molecule has 4 heteroatoms. The molecule has 0 aliphatic heterocycles. The molecule has 1 atom stereocenters. The number of rotatable bonds is 9. The second-order valence-corrected chi connectivity index (χ2v) is 6.67. The van der Waals surface area contributed by atoms with Crippen molar-refractivity contribution in [3.05, 3.63) is 27.2 Å². The number of benzene rings is 1. The van der Waals surface area contributed by atoms with E-state index in [0.29, 0.717) is 5.92 Å². The molecule has 0 saturated heterocycles. The first-order valence-electron chi connectivity index (χ1n) is 7.85. The van der Waals surface area contributed by atoms with Crippen LogP contribution in [0.25, 0.3) is 0 Å². The van der Waals surface area contributed by atoms with Crippen LogP contribution in [0.5, 0.6) is 5.75 Å². The second kappa shape index (κ2) is 9.70. The molecule has 0 spiro atoms. The summed E-state index contributed by atoms with van der Waals surface area (Å²) in [7, 11) is 1.72. The molecular formula is C17H27BrClNO. The van der Waals surface area contributed by atoms with E-state index in [1.807, 2.05) is 12.1 Å². The Morgan fingerprint density at radius 2 is 1.81 bits per heavy atom. The quantitative estimate of drug-likeness (QED) is 0.572. The van der Waals surface area contributed by atoms with Crippen LogP contribution in [0.4, 0.5) is 0 Å². The fourth-order valence-corrected chi connectivity index (χ4v) is 3.99. The molecule has 0 fully saturated rings. The molecule has 2 nitrogen and oxygen atoms in total. The van der Waals surface area contributed by atoms with E-state index in [0.717, 1.165) is 27.4 Å². The second-order valence-electron chi connectivity index (χ2n) is 5.38. The van der Waals surface area contributed by atoms with Gasteiger partial charge in [0.05, 0.1) is 11.6 Å². The van der Waals surface area contributed by atoms with Gasteiger partial charge in [-0.3, -0.25) is 0 Å². The molecule has 0 amide bonds. The van der Waals surface area contributed by atoms with Crippen molar-refractivity contribution in [2.24, 2.45) is 5.92 Å². The van der Waals surface area contributed by atoms with Crippen molar-refractivity contribution < 1.29 is 4.74 Å². The number of hydrogen-bond donors (Lipinski definition) is 1. The Balaban J connectivity index is 3.25. The number of ether oxygens (including phenoxy) is 1. The summed E-state index contributed by atoms with van der Waals surface area (Å²) in [4.78, 5) is 0. The van der Waals surface area contributed by atoms with Crippen LogP contribution in [0.1, 0.15) is 58.1 Å². The SMILES string of the molecule is CCCC(CCC)C(NCC)c1cc(Cl)cc(Br)c1OC. The fourth-order valence-electron chi connectivity index (χ4n) is 3.00. The maximum absolute atomic E-state index is 6.27. The summed E-state index contributed by atoms with van der Waals surface area (Å²) in [6, 6.07) is 4.21.